The fraction of sp³-hybridized carbons (Fsp3) is 0.400. The third kappa shape index (κ3) is 2.65. The molecule has 2 rings (SSSR count). The van der Waals surface area contributed by atoms with Crippen molar-refractivity contribution in [1.29, 1.82) is 0 Å². The summed E-state index contributed by atoms with van der Waals surface area (Å²) in [6, 6.07) is 0. The van der Waals surface area contributed by atoms with Crippen molar-refractivity contribution in [1.82, 2.24) is 29.9 Å². The van der Waals surface area contributed by atoms with Gasteiger partial charge in [0.25, 0.3) is 0 Å². The highest BCUT2D eigenvalue weighted by Gasteiger charge is 2.20. The minimum Gasteiger partial charge on any atom is -0.308 e. The number of likely N-dealkylation sites (N-methyl/N-ethyl adjacent to an activating group) is 1. The molecule has 0 unspecified atom stereocenters. The van der Waals surface area contributed by atoms with Crippen molar-refractivity contribution in [3.63, 3.8) is 0 Å². The number of rotatable bonds is 5. The zero-order valence-corrected chi connectivity index (χ0v) is 11.7. The number of hydrogen-bond donors (Lipinski definition) is 1. The van der Waals surface area contributed by atoms with Crippen LogP contribution in [0.4, 0.5) is 0 Å². The largest absolute Gasteiger partial charge is 0.308 e. The molecule has 8 heteroatoms. The quantitative estimate of drug-likeness (QED) is 0.816. The van der Waals surface area contributed by atoms with E-state index in [1.807, 2.05) is 19.0 Å². The molecule has 0 amide bonds. The van der Waals surface area contributed by atoms with Crippen LogP contribution in [0.3, 0.4) is 0 Å². The Morgan fingerprint density at radius 1 is 1.56 bits per heavy atom. The highest BCUT2D eigenvalue weighted by Crippen LogP contribution is 2.18. The van der Waals surface area contributed by atoms with E-state index >= 15 is 0 Å². The Kier molecular flexibility index (Phi) is 3.87. The molecular formula is C10H13BrN6O. The van der Waals surface area contributed by atoms with E-state index in [1.165, 1.54) is 6.33 Å². The Labute approximate surface area is 112 Å². The lowest BCUT2D eigenvalue weighted by molar-refractivity contribution is 0.101. The highest BCUT2D eigenvalue weighted by atomic mass is 79.9. The van der Waals surface area contributed by atoms with Crippen LogP contribution in [0.1, 0.15) is 16.3 Å². The molecule has 96 valence electrons. The number of H-pyrrole nitrogens is 1. The van der Waals surface area contributed by atoms with Gasteiger partial charge in [0.05, 0.1) is 17.2 Å². The van der Waals surface area contributed by atoms with Crippen LogP contribution in [-0.2, 0) is 6.54 Å². The molecule has 7 nitrogen and oxygen atoms in total. The first-order chi connectivity index (χ1) is 8.59. The summed E-state index contributed by atoms with van der Waals surface area (Å²) in [5.74, 6) is -0.0158. The van der Waals surface area contributed by atoms with Crippen LogP contribution in [0, 0.1) is 0 Å². The molecule has 0 radical (unpaired) electrons. The zero-order chi connectivity index (χ0) is 13.1. The molecule has 2 aromatic rings. The lowest BCUT2D eigenvalue weighted by Crippen LogP contribution is -2.22. The van der Waals surface area contributed by atoms with Crippen LogP contribution >= 0.6 is 15.9 Å². The number of aromatic amines is 1. The predicted octanol–water partition coefficient (Wildman–Crippen LogP) is 0.556. The first-order valence-corrected chi connectivity index (χ1v) is 6.15. The standard InChI is InChI=1S/C10H13BrN6O/c1-16(2)3-4-17-8(7(11)5-14-17)9(18)10-12-6-13-15-10/h5-6H,3-4H2,1-2H3,(H,12,13,15). The molecule has 0 fully saturated rings. The number of aromatic nitrogens is 5. The molecule has 0 saturated carbocycles. The van der Waals surface area contributed by atoms with E-state index in [1.54, 1.807) is 10.9 Å². The number of ketones is 1. The van der Waals surface area contributed by atoms with Gasteiger partial charge in [-0.05, 0) is 30.0 Å². The van der Waals surface area contributed by atoms with Crippen molar-refractivity contribution in [2.75, 3.05) is 20.6 Å². The molecule has 0 aromatic carbocycles. The normalized spacial score (nSPS) is 11.1. The van der Waals surface area contributed by atoms with Gasteiger partial charge in [0, 0.05) is 6.54 Å². The summed E-state index contributed by atoms with van der Waals surface area (Å²) in [5, 5.41) is 10.4. The maximum Gasteiger partial charge on any atom is 0.248 e. The molecule has 0 aliphatic carbocycles. The Bertz CT molecular complexity index is 533. The number of carbonyl (C=O) groups excluding carboxylic acids is 1. The van der Waals surface area contributed by atoms with E-state index < -0.39 is 0 Å². The second kappa shape index (κ2) is 5.40. The molecule has 18 heavy (non-hydrogen) atoms. The van der Waals surface area contributed by atoms with Crippen molar-refractivity contribution >= 4 is 21.7 Å². The van der Waals surface area contributed by atoms with Crippen molar-refractivity contribution < 1.29 is 4.79 Å². The third-order valence-corrected chi connectivity index (χ3v) is 2.98. The molecule has 0 aliphatic rings. The Morgan fingerprint density at radius 3 is 2.94 bits per heavy atom. The molecule has 1 N–H and O–H groups in total. The summed E-state index contributed by atoms with van der Waals surface area (Å²) in [6.45, 7) is 1.43. The topological polar surface area (TPSA) is 79.7 Å². The summed E-state index contributed by atoms with van der Waals surface area (Å²) in [7, 11) is 3.94. The van der Waals surface area contributed by atoms with Gasteiger partial charge < -0.3 is 4.90 Å². The van der Waals surface area contributed by atoms with Crippen molar-refractivity contribution in [3.8, 4) is 0 Å². The SMILES string of the molecule is CN(C)CCn1ncc(Br)c1C(=O)c1ncn[nH]1. The Morgan fingerprint density at radius 2 is 2.33 bits per heavy atom. The lowest BCUT2D eigenvalue weighted by Gasteiger charge is -2.11. The third-order valence-electron chi connectivity index (χ3n) is 2.40. The molecule has 0 atom stereocenters. The fourth-order valence-corrected chi connectivity index (χ4v) is 1.96. The lowest BCUT2D eigenvalue weighted by atomic mass is 10.2. The van der Waals surface area contributed by atoms with Gasteiger partial charge in [0.1, 0.15) is 12.0 Å². The zero-order valence-electron chi connectivity index (χ0n) is 10.1. The Balaban J connectivity index is 2.26. The maximum absolute atomic E-state index is 12.2. The summed E-state index contributed by atoms with van der Waals surface area (Å²) < 4.78 is 2.32. The van der Waals surface area contributed by atoms with Crippen molar-refractivity contribution in [3.05, 3.63) is 28.5 Å². The number of hydrogen-bond acceptors (Lipinski definition) is 5. The number of nitrogens with one attached hydrogen (secondary N) is 1. The van der Waals surface area contributed by atoms with E-state index in [0.717, 1.165) is 6.54 Å². The minimum atomic E-state index is -0.226. The first-order valence-electron chi connectivity index (χ1n) is 5.35. The van der Waals surface area contributed by atoms with E-state index in [0.29, 0.717) is 16.7 Å². The predicted molar refractivity (Wildman–Crippen MR) is 68.3 cm³/mol. The molecule has 0 spiro atoms. The average Bonchev–Trinajstić information content (AvgIpc) is 2.94. The molecular weight excluding hydrogens is 300 g/mol. The molecule has 0 aliphatic heterocycles. The molecule has 0 saturated heterocycles. The van der Waals surface area contributed by atoms with E-state index in [2.05, 4.69) is 36.2 Å². The number of halogens is 1. The van der Waals surface area contributed by atoms with Crippen molar-refractivity contribution in [2.24, 2.45) is 0 Å². The summed E-state index contributed by atoms with van der Waals surface area (Å²) in [5.41, 5.74) is 0.480. The van der Waals surface area contributed by atoms with Crippen LogP contribution in [-0.4, -0.2) is 56.3 Å². The summed E-state index contributed by atoms with van der Waals surface area (Å²) in [4.78, 5) is 18.1. The second-order valence-electron chi connectivity index (χ2n) is 4.03. The van der Waals surface area contributed by atoms with Crippen LogP contribution in [0.15, 0.2) is 17.0 Å². The van der Waals surface area contributed by atoms with Gasteiger partial charge >= 0.3 is 0 Å². The molecule has 2 aromatic heterocycles. The van der Waals surface area contributed by atoms with Gasteiger partial charge in [-0.2, -0.15) is 10.2 Å². The van der Waals surface area contributed by atoms with Crippen LogP contribution in [0.25, 0.3) is 0 Å². The maximum atomic E-state index is 12.2. The van der Waals surface area contributed by atoms with Gasteiger partial charge in [0.2, 0.25) is 5.78 Å². The van der Waals surface area contributed by atoms with Gasteiger partial charge in [-0.25, -0.2) is 4.98 Å². The smallest absolute Gasteiger partial charge is 0.248 e. The number of nitrogens with zero attached hydrogens (tertiary/aromatic N) is 5. The Hall–Kier alpha value is -1.54. The van der Waals surface area contributed by atoms with Crippen LogP contribution in [0.5, 0.6) is 0 Å². The second-order valence-corrected chi connectivity index (χ2v) is 4.89. The van der Waals surface area contributed by atoms with Crippen LogP contribution < -0.4 is 0 Å². The summed E-state index contributed by atoms with van der Waals surface area (Å²) in [6.07, 6.45) is 2.92. The van der Waals surface area contributed by atoms with Gasteiger partial charge in [0.15, 0.2) is 5.82 Å². The van der Waals surface area contributed by atoms with Crippen molar-refractivity contribution in [2.45, 2.75) is 6.54 Å². The van der Waals surface area contributed by atoms with E-state index in [4.69, 9.17) is 0 Å². The number of carbonyl (C=O) groups is 1. The average molecular weight is 313 g/mol. The molecule has 0 bridgehead atoms. The fourth-order valence-electron chi connectivity index (χ4n) is 1.48. The van der Waals surface area contributed by atoms with Gasteiger partial charge in [-0.3, -0.25) is 14.6 Å². The van der Waals surface area contributed by atoms with E-state index in [-0.39, 0.29) is 11.6 Å². The molecule has 2 heterocycles. The van der Waals surface area contributed by atoms with Gasteiger partial charge in [-0.1, -0.05) is 0 Å². The van der Waals surface area contributed by atoms with Crippen LogP contribution in [0.2, 0.25) is 0 Å². The van der Waals surface area contributed by atoms with Gasteiger partial charge in [-0.15, -0.1) is 0 Å². The van der Waals surface area contributed by atoms with E-state index in [9.17, 15) is 4.79 Å². The summed E-state index contributed by atoms with van der Waals surface area (Å²) >= 11 is 3.33. The monoisotopic (exact) mass is 312 g/mol. The highest BCUT2D eigenvalue weighted by molar-refractivity contribution is 9.10. The minimum absolute atomic E-state index is 0.210. The first kappa shape index (κ1) is 12.9.